The van der Waals surface area contributed by atoms with Gasteiger partial charge in [0.05, 0.1) is 18.3 Å². The Bertz CT molecular complexity index is 792. The molecule has 0 aromatic heterocycles. The summed E-state index contributed by atoms with van der Waals surface area (Å²) in [5, 5.41) is 0. The fourth-order valence-electron chi connectivity index (χ4n) is 4.03. The molecule has 31 heavy (non-hydrogen) atoms. The molecule has 1 saturated heterocycles. The SMILES string of the molecule is CCCOc1ccc(C2=C(N3CCC(C)CC3)C(=O)N(CCCOC(C)C)C2=O)cc1. The standard InChI is InChI=1S/C25H36N2O4/c1-5-16-31-21-9-7-20(8-10-21)22-23(26-14-11-19(4)12-15-26)25(29)27(24(22)28)13-6-17-30-18(2)3/h7-10,18-19H,5-6,11-17H2,1-4H3. The second kappa shape index (κ2) is 10.8. The van der Waals surface area contributed by atoms with Gasteiger partial charge in [-0.2, -0.15) is 0 Å². The lowest BCUT2D eigenvalue weighted by atomic mass is 9.97. The molecule has 1 aromatic rings. The highest BCUT2D eigenvalue weighted by atomic mass is 16.5. The number of likely N-dealkylation sites (tertiary alicyclic amines) is 1. The van der Waals surface area contributed by atoms with Gasteiger partial charge in [-0.3, -0.25) is 14.5 Å². The van der Waals surface area contributed by atoms with Gasteiger partial charge in [0.1, 0.15) is 11.4 Å². The van der Waals surface area contributed by atoms with Crippen molar-refractivity contribution < 1.29 is 19.1 Å². The summed E-state index contributed by atoms with van der Waals surface area (Å²) in [4.78, 5) is 30.2. The smallest absolute Gasteiger partial charge is 0.277 e. The van der Waals surface area contributed by atoms with Gasteiger partial charge in [-0.25, -0.2) is 0 Å². The molecule has 170 valence electrons. The van der Waals surface area contributed by atoms with Crippen molar-refractivity contribution in [2.75, 3.05) is 32.8 Å². The first kappa shape index (κ1) is 23.3. The first-order valence-corrected chi connectivity index (χ1v) is 11.6. The van der Waals surface area contributed by atoms with E-state index in [0.717, 1.165) is 43.7 Å². The summed E-state index contributed by atoms with van der Waals surface area (Å²) in [6.07, 6.45) is 3.77. The second-order valence-corrected chi connectivity index (χ2v) is 8.80. The van der Waals surface area contributed by atoms with Crippen LogP contribution in [-0.2, 0) is 14.3 Å². The molecular formula is C25H36N2O4. The van der Waals surface area contributed by atoms with Crippen LogP contribution in [-0.4, -0.2) is 60.6 Å². The quantitative estimate of drug-likeness (QED) is 0.415. The lowest BCUT2D eigenvalue weighted by molar-refractivity contribution is -0.137. The second-order valence-electron chi connectivity index (χ2n) is 8.80. The number of hydrogen-bond acceptors (Lipinski definition) is 5. The van der Waals surface area contributed by atoms with Gasteiger partial charge in [-0.15, -0.1) is 0 Å². The van der Waals surface area contributed by atoms with Crippen molar-refractivity contribution in [3.05, 3.63) is 35.5 Å². The van der Waals surface area contributed by atoms with Crippen LogP contribution in [0.4, 0.5) is 0 Å². The third kappa shape index (κ3) is 5.67. The van der Waals surface area contributed by atoms with Crippen LogP contribution in [0, 0.1) is 5.92 Å². The molecule has 0 aliphatic carbocycles. The minimum Gasteiger partial charge on any atom is -0.494 e. The summed E-state index contributed by atoms with van der Waals surface area (Å²) in [5.74, 6) is 1.04. The van der Waals surface area contributed by atoms with E-state index in [0.29, 0.717) is 43.4 Å². The van der Waals surface area contributed by atoms with E-state index in [2.05, 4.69) is 18.7 Å². The molecule has 1 fully saturated rings. The molecule has 2 heterocycles. The van der Waals surface area contributed by atoms with Crippen molar-refractivity contribution in [1.82, 2.24) is 9.80 Å². The van der Waals surface area contributed by atoms with Crippen molar-refractivity contribution in [1.29, 1.82) is 0 Å². The van der Waals surface area contributed by atoms with Crippen molar-refractivity contribution in [2.24, 2.45) is 5.92 Å². The third-order valence-corrected chi connectivity index (χ3v) is 5.84. The minimum absolute atomic E-state index is 0.137. The maximum absolute atomic E-state index is 13.4. The zero-order valence-corrected chi connectivity index (χ0v) is 19.4. The zero-order chi connectivity index (χ0) is 22.4. The van der Waals surface area contributed by atoms with Crippen LogP contribution in [0.15, 0.2) is 30.0 Å². The molecule has 2 aliphatic rings. The predicted octanol–water partition coefficient (Wildman–Crippen LogP) is 4.10. The predicted molar refractivity (Wildman–Crippen MR) is 122 cm³/mol. The van der Waals surface area contributed by atoms with Crippen molar-refractivity contribution >= 4 is 17.4 Å². The summed E-state index contributed by atoms with van der Waals surface area (Å²) < 4.78 is 11.3. The van der Waals surface area contributed by atoms with Gasteiger partial charge >= 0.3 is 0 Å². The van der Waals surface area contributed by atoms with Crippen LogP contribution < -0.4 is 4.74 Å². The summed E-state index contributed by atoms with van der Waals surface area (Å²) in [6, 6.07) is 7.54. The number of carbonyl (C=O) groups excluding carboxylic acids is 2. The number of amides is 2. The third-order valence-electron chi connectivity index (χ3n) is 5.84. The molecule has 0 unspecified atom stereocenters. The number of piperidine rings is 1. The normalized spacial score (nSPS) is 18.0. The Hall–Kier alpha value is -2.34. The monoisotopic (exact) mass is 428 g/mol. The molecule has 6 nitrogen and oxygen atoms in total. The Morgan fingerprint density at radius 1 is 1.03 bits per heavy atom. The lowest BCUT2D eigenvalue weighted by Gasteiger charge is -2.32. The van der Waals surface area contributed by atoms with Gasteiger partial charge in [-0.05, 0) is 63.1 Å². The molecule has 3 rings (SSSR count). The van der Waals surface area contributed by atoms with Gasteiger partial charge in [0.15, 0.2) is 0 Å². The first-order valence-electron chi connectivity index (χ1n) is 11.6. The molecular weight excluding hydrogens is 392 g/mol. The number of nitrogens with zero attached hydrogens (tertiary/aromatic N) is 2. The van der Waals surface area contributed by atoms with Gasteiger partial charge < -0.3 is 14.4 Å². The van der Waals surface area contributed by atoms with Gasteiger partial charge in [-0.1, -0.05) is 26.0 Å². The van der Waals surface area contributed by atoms with E-state index < -0.39 is 0 Å². The summed E-state index contributed by atoms with van der Waals surface area (Å²) >= 11 is 0. The van der Waals surface area contributed by atoms with Gasteiger partial charge in [0, 0.05) is 26.2 Å². The van der Waals surface area contributed by atoms with E-state index in [4.69, 9.17) is 9.47 Å². The molecule has 0 atom stereocenters. The molecule has 0 N–H and O–H groups in total. The summed E-state index contributed by atoms with van der Waals surface area (Å²) in [7, 11) is 0. The number of benzene rings is 1. The molecule has 0 saturated carbocycles. The molecule has 1 aromatic carbocycles. The molecule has 0 bridgehead atoms. The van der Waals surface area contributed by atoms with Crippen LogP contribution in [0.2, 0.25) is 0 Å². The van der Waals surface area contributed by atoms with Crippen molar-refractivity contribution in [2.45, 2.75) is 59.5 Å². The average Bonchev–Trinajstić information content (AvgIpc) is 3.00. The van der Waals surface area contributed by atoms with Crippen LogP contribution in [0.5, 0.6) is 5.75 Å². The minimum atomic E-state index is -0.203. The van der Waals surface area contributed by atoms with E-state index in [1.807, 2.05) is 38.1 Å². The summed E-state index contributed by atoms with van der Waals surface area (Å²) in [5.41, 5.74) is 1.85. The Morgan fingerprint density at radius 3 is 2.32 bits per heavy atom. The fraction of sp³-hybridized carbons (Fsp3) is 0.600. The number of hydrogen-bond donors (Lipinski definition) is 0. The summed E-state index contributed by atoms with van der Waals surface area (Å²) in [6.45, 7) is 11.4. The van der Waals surface area contributed by atoms with E-state index in [1.54, 1.807) is 0 Å². The molecule has 2 aliphatic heterocycles. The van der Waals surface area contributed by atoms with Crippen LogP contribution in [0.3, 0.4) is 0 Å². The van der Waals surface area contributed by atoms with E-state index in [-0.39, 0.29) is 17.9 Å². The van der Waals surface area contributed by atoms with Crippen LogP contribution >= 0.6 is 0 Å². The van der Waals surface area contributed by atoms with E-state index >= 15 is 0 Å². The number of carbonyl (C=O) groups is 2. The molecule has 6 heteroatoms. The van der Waals surface area contributed by atoms with E-state index in [9.17, 15) is 9.59 Å². The molecule has 2 amide bonds. The molecule has 0 radical (unpaired) electrons. The van der Waals surface area contributed by atoms with Crippen molar-refractivity contribution in [3.63, 3.8) is 0 Å². The maximum Gasteiger partial charge on any atom is 0.277 e. The largest absolute Gasteiger partial charge is 0.494 e. The highest BCUT2D eigenvalue weighted by molar-refractivity contribution is 6.35. The fourth-order valence-corrected chi connectivity index (χ4v) is 4.03. The average molecular weight is 429 g/mol. The Kier molecular flexibility index (Phi) is 8.13. The number of rotatable bonds is 10. The zero-order valence-electron chi connectivity index (χ0n) is 19.4. The van der Waals surface area contributed by atoms with Crippen LogP contribution in [0.1, 0.15) is 58.9 Å². The number of imide groups is 1. The topological polar surface area (TPSA) is 59.1 Å². The lowest BCUT2D eigenvalue weighted by Crippen LogP contribution is -2.39. The Balaban J connectivity index is 1.84. The van der Waals surface area contributed by atoms with Crippen LogP contribution in [0.25, 0.3) is 5.57 Å². The maximum atomic E-state index is 13.4. The van der Waals surface area contributed by atoms with Crippen molar-refractivity contribution in [3.8, 4) is 5.75 Å². The number of ether oxygens (including phenoxy) is 2. The molecule has 0 spiro atoms. The highest BCUT2D eigenvalue weighted by Gasteiger charge is 2.41. The highest BCUT2D eigenvalue weighted by Crippen LogP contribution is 2.34. The van der Waals surface area contributed by atoms with E-state index in [1.165, 1.54) is 4.90 Å². The Morgan fingerprint density at radius 2 is 1.71 bits per heavy atom. The Labute approximate surface area is 186 Å². The van der Waals surface area contributed by atoms with Gasteiger partial charge in [0.25, 0.3) is 11.8 Å². The first-order chi connectivity index (χ1) is 14.9. The van der Waals surface area contributed by atoms with Gasteiger partial charge in [0.2, 0.25) is 0 Å².